The lowest BCUT2D eigenvalue weighted by Crippen LogP contribution is -2.34. The minimum atomic E-state index is -0.390. The summed E-state index contributed by atoms with van der Waals surface area (Å²) in [7, 11) is 0. The van der Waals surface area contributed by atoms with Crippen LogP contribution in [-0.4, -0.2) is 24.8 Å². The van der Waals surface area contributed by atoms with E-state index in [1.807, 2.05) is 48.7 Å². The van der Waals surface area contributed by atoms with Gasteiger partial charge in [-0.25, -0.2) is 5.43 Å². The first-order valence-electron chi connectivity index (χ1n) is 7.05. The molecule has 1 atom stereocenters. The molecule has 1 amide bonds. The Bertz CT molecular complexity index is 609. The summed E-state index contributed by atoms with van der Waals surface area (Å²) < 4.78 is 5.38. The number of nitrogens with one attached hydrogen (secondary N) is 2. The van der Waals surface area contributed by atoms with Crippen molar-refractivity contribution < 1.29 is 9.53 Å². The zero-order valence-electron chi connectivity index (χ0n) is 12.6. The average Bonchev–Trinajstić information content (AvgIpc) is 3.02. The van der Waals surface area contributed by atoms with Gasteiger partial charge in [-0.3, -0.25) is 4.79 Å². The highest BCUT2D eigenvalue weighted by Crippen LogP contribution is 2.16. The van der Waals surface area contributed by atoms with Crippen molar-refractivity contribution in [2.75, 3.05) is 11.9 Å². The molecular formula is C16H19N3O2S. The average molecular weight is 317 g/mol. The molecule has 0 saturated heterocycles. The van der Waals surface area contributed by atoms with Gasteiger partial charge in [0.05, 0.1) is 12.8 Å². The third-order valence-electron chi connectivity index (χ3n) is 2.85. The Balaban J connectivity index is 1.82. The third-order valence-corrected chi connectivity index (χ3v) is 3.66. The maximum Gasteiger partial charge on any atom is 0.262 e. The molecule has 5 nitrogen and oxygen atoms in total. The Kier molecular flexibility index (Phi) is 5.97. The number of amides is 1. The Morgan fingerprint density at radius 3 is 2.77 bits per heavy atom. The number of hydrogen-bond donors (Lipinski definition) is 2. The number of anilines is 1. The number of hydrazone groups is 1. The first kappa shape index (κ1) is 16.0. The predicted octanol–water partition coefficient (Wildman–Crippen LogP) is 3.10. The summed E-state index contributed by atoms with van der Waals surface area (Å²) in [5.74, 6) is 0.618. The topological polar surface area (TPSA) is 62.7 Å². The van der Waals surface area contributed by atoms with Gasteiger partial charge in [0.25, 0.3) is 5.91 Å². The van der Waals surface area contributed by atoms with Crippen molar-refractivity contribution in [3.05, 3.63) is 46.7 Å². The number of rotatable bonds is 7. The van der Waals surface area contributed by atoms with Gasteiger partial charge in [-0.2, -0.15) is 5.10 Å². The molecule has 2 aromatic rings. The summed E-state index contributed by atoms with van der Waals surface area (Å²) in [6.07, 6.45) is 1.63. The van der Waals surface area contributed by atoms with Crippen molar-refractivity contribution in [2.45, 2.75) is 19.9 Å². The fraction of sp³-hybridized carbons (Fsp3) is 0.250. The van der Waals surface area contributed by atoms with E-state index >= 15 is 0 Å². The highest BCUT2D eigenvalue weighted by Gasteiger charge is 2.11. The summed E-state index contributed by atoms with van der Waals surface area (Å²) in [6, 6.07) is 11.0. The number of nitrogens with zero attached hydrogens (tertiary/aromatic N) is 1. The van der Waals surface area contributed by atoms with Gasteiger partial charge in [0, 0.05) is 10.6 Å². The van der Waals surface area contributed by atoms with E-state index in [1.54, 1.807) is 24.5 Å². The van der Waals surface area contributed by atoms with Crippen LogP contribution in [-0.2, 0) is 4.79 Å². The van der Waals surface area contributed by atoms with Crippen LogP contribution in [0.5, 0.6) is 5.75 Å². The van der Waals surface area contributed by atoms with Crippen LogP contribution < -0.4 is 15.5 Å². The summed E-state index contributed by atoms with van der Waals surface area (Å²) in [6.45, 7) is 4.36. The normalized spacial score (nSPS) is 12.1. The Hall–Kier alpha value is -2.34. The van der Waals surface area contributed by atoms with Crippen LogP contribution in [0.3, 0.4) is 0 Å². The lowest BCUT2D eigenvalue weighted by Gasteiger charge is -2.13. The van der Waals surface area contributed by atoms with Crippen molar-refractivity contribution >= 4 is 29.1 Å². The maximum absolute atomic E-state index is 11.9. The zero-order chi connectivity index (χ0) is 15.8. The molecule has 1 unspecified atom stereocenters. The van der Waals surface area contributed by atoms with Gasteiger partial charge in [-0.15, -0.1) is 11.3 Å². The molecule has 0 fully saturated rings. The van der Waals surface area contributed by atoms with Crippen molar-refractivity contribution in [1.82, 2.24) is 5.43 Å². The number of thiophene rings is 1. The predicted molar refractivity (Wildman–Crippen MR) is 90.8 cm³/mol. The van der Waals surface area contributed by atoms with Gasteiger partial charge in [-0.05, 0) is 49.6 Å². The zero-order valence-corrected chi connectivity index (χ0v) is 13.4. The molecule has 0 radical (unpaired) electrons. The highest BCUT2D eigenvalue weighted by atomic mass is 32.1. The van der Waals surface area contributed by atoms with Crippen LogP contribution in [0.1, 0.15) is 18.7 Å². The summed E-state index contributed by atoms with van der Waals surface area (Å²) in [4.78, 5) is 12.9. The Labute approximate surface area is 134 Å². The molecule has 2 N–H and O–H groups in total. The van der Waals surface area contributed by atoms with Crippen molar-refractivity contribution in [3.8, 4) is 5.75 Å². The molecule has 1 heterocycles. The standard InChI is InChI=1S/C16H19N3O2S/c1-3-21-14-8-6-13(7-9-14)18-12(2)16(20)19-17-11-15-5-4-10-22-15/h4-12,18H,3H2,1-2H3,(H,19,20)/b17-11-. The molecule has 0 aliphatic heterocycles. The lowest BCUT2D eigenvalue weighted by atomic mass is 10.2. The quantitative estimate of drug-likeness (QED) is 0.609. The first-order chi connectivity index (χ1) is 10.7. The number of carbonyl (C=O) groups is 1. The van der Waals surface area contributed by atoms with Gasteiger partial charge in [0.15, 0.2) is 0 Å². The van der Waals surface area contributed by atoms with Gasteiger partial charge < -0.3 is 10.1 Å². The molecule has 1 aromatic carbocycles. The van der Waals surface area contributed by atoms with Crippen LogP contribution in [0, 0.1) is 0 Å². The molecular weight excluding hydrogens is 298 g/mol. The van der Waals surface area contributed by atoms with Gasteiger partial charge in [-0.1, -0.05) is 6.07 Å². The second-order valence-electron chi connectivity index (χ2n) is 4.57. The van der Waals surface area contributed by atoms with Crippen LogP contribution in [0.4, 0.5) is 5.69 Å². The smallest absolute Gasteiger partial charge is 0.262 e. The van der Waals surface area contributed by atoms with Crippen LogP contribution in [0.15, 0.2) is 46.9 Å². The van der Waals surface area contributed by atoms with E-state index in [0.717, 1.165) is 16.3 Å². The second-order valence-corrected chi connectivity index (χ2v) is 5.55. The molecule has 6 heteroatoms. The minimum Gasteiger partial charge on any atom is -0.494 e. The second kappa shape index (κ2) is 8.19. The number of ether oxygens (including phenoxy) is 1. The van der Waals surface area contributed by atoms with E-state index < -0.39 is 6.04 Å². The number of benzene rings is 1. The molecule has 0 saturated carbocycles. The summed E-state index contributed by atoms with van der Waals surface area (Å²) >= 11 is 1.56. The van der Waals surface area contributed by atoms with E-state index in [-0.39, 0.29) is 5.91 Å². The fourth-order valence-corrected chi connectivity index (χ4v) is 2.34. The lowest BCUT2D eigenvalue weighted by molar-refractivity contribution is -0.121. The van der Waals surface area contributed by atoms with Crippen molar-refractivity contribution in [3.63, 3.8) is 0 Å². The highest BCUT2D eigenvalue weighted by molar-refractivity contribution is 7.11. The van der Waals surface area contributed by atoms with E-state index in [4.69, 9.17) is 4.74 Å². The molecule has 2 rings (SSSR count). The van der Waals surface area contributed by atoms with Crippen LogP contribution in [0.25, 0.3) is 0 Å². The third kappa shape index (κ3) is 4.89. The molecule has 0 aliphatic carbocycles. The minimum absolute atomic E-state index is 0.193. The largest absolute Gasteiger partial charge is 0.494 e. The fourth-order valence-electron chi connectivity index (χ4n) is 1.75. The molecule has 1 aromatic heterocycles. The number of hydrogen-bond acceptors (Lipinski definition) is 5. The maximum atomic E-state index is 11.9. The van der Waals surface area contributed by atoms with E-state index in [9.17, 15) is 4.79 Å². The number of carbonyl (C=O) groups excluding carboxylic acids is 1. The molecule has 0 spiro atoms. The summed E-state index contributed by atoms with van der Waals surface area (Å²) in [5, 5.41) is 9.01. The molecule has 22 heavy (non-hydrogen) atoms. The first-order valence-corrected chi connectivity index (χ1v) is 7.93. The van der Waals surface area contributed by atoms with E-state index in [2.05, 4.69) is 15.8 Å². The molecule has 0 bridgehead atoms. The van der Waals surface area contributed by atoms with Gasteiger partial charge in [0.2, 0.25) is 0 Å². The summed E-state index contributed by atoms with van der Waals surface area (Å²) in [5.41, 5.74) is 3.38. The molecule has 116 valence electrons. The van der Waals surface area contributed by atoms with E-state index in [1.165, 1.54) is 0 Å². The van der Waals surface area contributed by atoms with Gasteiger partial charge >= 0.3 is 0 Å². The van der Waals surface area contributed by atoms with Crippen molar-refractivity contribution in [1.29, 1.82) is 0 Å². The van der Waals surface area contributed by atoms with Crippen LogP contribution >= 0.6 is 11.3 Å². The van der Waals surface area contributed by atoms with Gasteiger partial charge in [0.1, 0.15) is 11.8 Å². The van der Waals surface area contributed by atoms with Crippen molar-refractivity contribution in [2.24, 2.45) is 5.10 Å². The Morgan fingerprint density at radius 2 is 2.14 bits per heavy atom. The SMILES string of the molecule is CCOc1ccc(NC(C)C(=O)N/N=C\c2cccs2)cc1. The monoisotopic (exact) mass is 317 g/mol. The van der Waals surface area contributed by atoms with Crippen LogP contribution in [0.2, 0.25) is 0 Å². The Morgan fingerprint density at radius 1 is 1.36 bits per heavy atom. The van der Waals surface area contributed by atoms with E-state index in [0.29, 0.717) is 6.61 Å². The molecule has 0 aliphatic rings.